The van der Waals surface area contributed by atoms with E-state index in [1.807, 2.05) is 12.1 Å². The van der Waals surface area contributed by atoms with Gasteiger partial charge in [-0.25, -0.2) is 14.6 Å². The summed E-state index contributed by atoms with van der Waals surface area (Å²) in [6.45, 7) is 3.89. The van der Waals surface area contributed by atoms with Gasteiger partial charge in [-0.1, -0.05) is 31.2 Å². The highest BCUT2D eigenvalue weighted by Gasteiger charge is 2.18. The van der Waals surface area contributed by atoms with Crippen LogP contribution in [-0.4, -0.2) is 11.0 Å². The third kappa shape index (κ3) is 3.59. The van der Waals surface area contributed by atoms with Crippen LogP contribution in [0.25, 0.3) is 21.5 Å². The van der Waals surface area contributed by atoms with Crippen LogP contribution in [-0.2, 0) is 6.42 Å². The number of hydrogen-bond donors (Lipinski definition) is 0. The number of ether oxygens (including phenoxy) is 1. The second kappa shape index (κ2) is 7.40. The summed E-state index contributed by atoms with van der Waals surface area (Å²) >= 11 is 1.30. The molecule has 4 rings (SSSR count). The van der Waals surface area contributed by atoms with Crippen molar-refractivity contribution in [1.82, 2.24) is 4.98 Å². The van der Waals surface area contributed by atoms with Crippen molar-refractivity contribution in [2.75, 3.05) is 0 Å². The minimum absolute atomic E-state index is 0.313. The first-order chi connectivity index (χ1) is 13.5. The van der Waals surface area contributed by atoms with Crippen LogP contribution in [0.4, 0.5) is 0 Å². The van der Waals surface area contributed by atoms with Gasteiger partial charge in [0.15, 0.2) is 0 Å². The third-order valence-electron chi connectivity index (χ3n) is 4.40. The third-order valence-corrected chi connectivity index (χ3v) is 5.58. The molecule has 0 saturated carbocycles. The first-order valence-corrected chi connectivity index (χ1v) is 9.68. The number of carbonyl (C=O) groups is 1. The maximum Gasteiger partial charge on any atom is 0.355 e. The molecule has 28 heavy (non-hydrogen) atoms. The highest BCUT2D eigenvalue weighted by Crippen LogP contribution is 2.29. The molecule has 2 heterocycles. The Kier molecular flexibility index (Phi) is 4.79. The van der Waals surface area contributed by atoms with Gasteiger partial charge in [-0.2, -0.15) is 0 Å². The van der Waals surface area contributed by atoms with Crippen molar-refractivity contribution in [1.29, 1.82) is 0 Å². The van der Waals surface area contributed by atoms with Crippen LogP contribution in [0.1, 0.15) is 27.9 Å². The van der Waals surface area contributed by atoms with Crippen molar-refractivity contribution < 1.29 is 13.9 Å². The van der Waals surface area contributed by atoms with Gasteiger partial charge in [0, 0.05) is 23.1 Å². The number of hydrogen-bond acceptors (Lipinski definition) is 6. The minimum Gasteiger partial charge on any atom is -0.423 e. The molecular weight excluding hydrogens is 374 g/mol. The Hall–Kier alpha value is -3.25. The van der Waals surface area contributed by atoms with E-state index in [2.05, 4.69) is 24.0 Å². The number of aromatic nitrogens is 1. The molecule has 0 unspecified atom stereocenters. The van der Waals surface area contributed by atoms with Gasteiger partial charge in [-0.05, 0) is 37.1 Å². The summed E-state index contributed by atoms with van der Waals surface area (Å²) in [5, 5.41) is 1.53. The van der Waals surface area contributed by atoms with Crippen LogP contribution < -0.4 is 10.4 Å². The normalized spacial score (nSPS) is 10.9. The fourth-order valence-electron chi connectivity index (χ4n) is 2.85. The summed E-state index contributed by atoms with van der Waals surface area (Å²) in [6.07, 6.45) is 0.973. The second-order valence-corrected chi connectivity index (χ2v) is 7.33. The molecule has 0 bridgehead atoms. The second-order valence-electron chi connectivity index (χ2n) is 6.33. The number of nitrogens with zero attached hydrogens (tertiary/aromatic N) is 1. The molecule has 0 fully saturated rings. The van der Waals surface area contributed by atoms with E-state index in [1.165, 1.54) is 29.0 Å². The molecular formula is C22H17NO4S. The SMILES string of the molecule is CCc1ccc(-c2nc(C)c(C(=O)Oc3ccc4ccc(=O)oc4c3)s2)cc1. The van der Waals surface area contributed by atoms with E-state index in [0.29, 0.717) is 21.9 Å². The zero-order valence-electron chi connectivity index (χ0n) is 15.4. The first kappa shape index (κ1) is 18.1. The number of benzene rings is 2. The van der Waals surface area contributed by atoms with Gasteiger partial charge >= 0.3 is 11.6 Å². The smallest absolute Gasteiger partial charge is 0.355 e. The van der Waals surface area contributed by atoms with Gasteiger partial charge in [-0.3, -0.25) is 0 Å². The zero-order chi connectivity index (χ0) is 19.7. The number of thiazole rings is 1. The molecule has 0 atom stereocenters. The molecule has 2 aromatic heterocycles. The van der Waals surface area contributed by atoms with Crippen LogP contribution in [0.15, 0.2) is 63.8 Å². The summed E-state index contributed by atoms with van der Waals surface area (Å²) in [4.78, 5) is 29.0. The summed E-state index contributed by atoms with van der Waals surface area (Å²) in [6, 6.07) is 16.1. The molecule has 0 aliphatic rings. The highest BCUT2D eigenvalue weighted by molar-refractivity contribution is 7.17. The molecule has 0 saturated heterocycles. The molecule has 0 amide bonds. The van der Waals surface area contributed by atoms with E-state index >= 15 is 0 Å². The van der Waals surface area contributed by atoms with Crippen LogP contribution >= 0.6 is 11.3 Å². The van der Waals surface area contributed by atoms with Crippen LogP contribution in [0.5, 0.6) is 5.75 Å². The van der Waals surface area contributed by atoms with E-state index in [4.69, 9.17) is 9.15 Å². The van der Waals surface area contributed by atoms with Gasteiger partial charge in [0.05, 0.1) is 5.69 Å². The Labute approximate surface area is 165 Å². The Morgan fingerprint density at radius 1 is 1.11 bits per heavy atom. The van der Waals surface area contributed by atoms with Gasteiger partial charge in [0.25, 0.3) is 0 Å². The van der Waals surface area contributed by atoms with E-state index in [0.717, 1.165) is 22.4 Å². The van der Waals surface area contributed by atoms with E-state index in [9.17, 15) is 9.59 Å². The largest absolute Gasteiger partial charge is 0.423 e. The Balaban J connectivity index is 1.59. The van der Waals surface area contributed by atoms with Crippen LogP contribution in [0.2, 0.25) is 0 Å². The van der Waals surface area contributed by atoms with Crippen molar-refractivity contribution in [3.63, 3.8) is 0 Å². The van der Waals surface area contributed by atoms with Crippen molar-refractivity contribution >= 4 is 28.3 Å². The Morgan fingerprint density at radius 2 is 1.86 bits per heavy atom. The van der Waals surface area contributed by atoms with E-state index in [-0.39, 0.29) is 0 Å². The number of aryl methyl sites for hydroxylation is 2. The average molecular weight is 391 g/mol. The van der Waals surface area contributed by atoms with Crippen LogP contribution in [0.3, 0.4) is 0 Å². The Bertz CT molecular complexity index is 1220. The topological polar surface area (TPSA) is 69.4 Å². The average Bonchev–Trinajstić information content (AvgIpc) is 3.09. The fraction of sp³-hybridized carbons (Fsp3) is 0.136. The maximum absolute atomic E-state index is 12.6. The molecule has 4 aromatic rings. The lowest BCUT2D eigenvalue weighted by Gasteiger charge is -2.04. The van der Waals surface area contributed by atoms with Gasteiger partial charge in [0.2, 0.25) is 0 Å². The first-order valence-electron chi connectivity index (χ1n) is 8.86. The van der Waals surface area contributed by atoms with Gasteiger partial charge in [0.1, 0.15) is 21.2 Å². The number of fused-ring (bicyclic) bond motifs is 1. The van der Waals surface area contributed by atoms with Crippen molar-refractivity contribution in [2.24, 2.45) is 0 Å². The molecule has 0 spiro atoms. The molecule has 0 aliphatic carbocycles. The molecule has 0 N–H and O–H groups in total. The van der Waals surface area contributed by atoms with Crippen molar-refractivity contribution in [3.05, 3.63) is 81.2 Å². The van der Waals surface area contributed by atoms with Gasteiger partial charge < -0.3 is 9.15 Å². The molecule has 140 valence electrons. The Morgan fingerprint density at radius 3 is 2.61 bits per heavy atom. The molecule has 0 radical (unpaired) electrons. The van der Waals surface area contributed by atoms with E-state index in [1.54, 1.807) is 25.1 Å². The van der Waals surface area contributed by atoms with E-state index < -0.39 is 11.6 Å². The maximum atomic E-state index is 12.6. The summed E-state index contributed by atoms with van der Waals surface area (Å²) in [5.41, 5.74) is 2.76. The lowest BCUT2D eigenvalue weighted by atomic mass is 10.1. The molecule has 2 aromatic carbocycles. The predicted molar refractivity (Wildman–Crippen MR) is 109 cm³/mol. The number of rotatable bonds is 4. The molecule has 6 heteroatoms. The monoisotopic (exact) mass is 391 g/mol. The quantitative estimate of drug-likeness (QED) is 0.278. The minimum atomic E-state index is -0.482. The lowest BCUT2D eigenvalue weighted by molar-refractivity contribution is 0.0739. The predicted octanol–water partition coefficient (Wildman–Crippen LogP) is 5.01. The lowest BCUT2D eigenvalue weighted by Crippen LogP contribution is -2.08. The molecule has 5 nitrogen and oxygen atoms in total. The van der Waals surface area contributed by atoms with Crippen LogP contribution in [0, 0.1) is 6.92 Å². The van der Waals surface area contributed by atoms with Crippen molar-refractivity contribution in [2.45, 2.75) is 20.3 Å². The van der Waals surface area contributed by atoms with Gasteiger partial charge in [-0.15, -0.1) is 11.3 Å². The molecule has 0 aliphatic heterocycles. The fourth-order valence-corrected chi connectivity index (χ4v) is 3.80. The summed E-state index contributed by atoms with van der Waals surface area (Å²) in [7, 11) is 0. The highest BCUT2D eigenvalue weighted by atomic mass is 32.1. The zero-order valence-corrected chi connectivity index (χ0v) is 16.2. The number of carbonyl (C=O) groups excluding carboxylic acids is 1. The van der Waals surface area contributed by atoms with Crippen molar-refractivity contribution in [3.8, 4) is 16.3 Å². The summed E-state index contributed by atoms with van der Waals surface area (Å²) < 4.78 is 10.6. The standard InChI is InChI=1S/C22H17NO4S/c1-3-14-4-6-16(7-5-14)21-23-13(2)20(28-21)22(25)26-17-10-8-15-9-11-19(24)27-18(15)12-17/h4-12H,3H2,1-2H3. The summed E-state index contributed by atoms with van der Waals surface area (Å²) in [5.74, 6) is -0.169. The number of esters is 1.